The van der Waals surface area contributed by atoms with Gasteiger partial charge in [0.15, 0.2) is 5.78 Å². The molecule has 0 atom stereocenters. The molecule has 14 heavy (non-hydrogen) atoms. The number of ketones is 1. The van der Waals surface area contributed by atoms with Gasteiger partial charge < -0.3 is 5.73 Å². The van der Waals surface area contributed by atoms with Crippen LogP contribution in [-0.4, -0.2) is 12.3 Å². The zero-order valence-corrected chi connectivity index (χ0v) is 7.14. The van der Waals surface area contributed by atoms with Crippen molar-refractivity contribution in [1.82, 2.24) is 0 Å². The van der Waals surface area contributed by atoms with Crippen LogP contribution >= 0.6 is 0 Å². The van der Waals surface area contributed by atoms with Crippen LogP contribution in [0.3, 0.4) is 0 Å². The van der Waals surface area contributed by atoms with Gasteiger partial charge >= 0.3 is 6.18 Å². The minimum atomic E-state index is -4.37. The summed E-state index contributed by atoms with van der Waals surface area (Å²) in [6, 6.07) is 3.97. The van der Waals surface area contributed by atoms with E-state index in [0.717, 1.165) is 24.3 Å². The molecule has 0 bridgehead atoms. The Morgan fingerprint density at radius 1 is 1.21 bits per heavy atom. The van der Waals surface area contributed by atoms with Crippen LogP contribution in [0.15, 0.2) is 24.3 Å². The molecule has 0 amide bonds. The number of rotatable bonds is 2. The molecule has 1 rings (SSSR count). The average Bonchev–Trinajstić information content (AvgIpc) is 2.15. The lowest BCUT2D eigenvalue weighted by atomic mass is 10.1. The molecule has 0 aliphatic carbocycles. The number of Topliss-reactive ketones (excluding diaryl/α,β-unsaturated/α-hetero) is 1. The zero-order valence-electron chi connectivity index (χ0n) is 7.14. The Bertz CT molecular complexity index is 329. The van der Waals surface area contributed by atoms with E-state index in [1.54, 1.807) is 0 Å². The molecule has 0 unspecified atom stereocenters. The third-order valence-corrected chi connectivity index (χ3v) is 1.72. The zero-order chi connectivity index (χ0) is 10.8. The maximum atomic E-state index is 12.1. The van der Waals surface area contributed by atoms with Gasteiger partial charge in [-0.15, -0.1) is 0 Å². The van der Waals surface area contributed by atoms with E-state index in [4.69, 9.17) is 5.73 Å². The lowest BCUT2D eigenvalue weighted by molar-refractivity contribution is -0.137. The van der Waals surface area contributed by atoms with Crippen molar-refractivity contribution < 1.29 is 18.0 Å². The molecular weight excluding hydrogens is 195 g/mol. The van der Waals surface area contributed by atoms with E-state index in [1.165, 1.54) is 0 Å². The van der Waals surface area contributed by atoms with Crippen LogP contribution in [0.1, 0.15) is 15.9 Å². The van der Waals surface area contributed by atoms with Crippen molar-refractivity contribution in [1.29, 1.82) is 0 Å². The molecule has 0 aliphatic rings. The van der Waals surface area contributed by atoms with Gasteiger partial charge in [0.2, 0.25) is 0 Å². The van der Waals surface area contributed by atoms with Crippen molar-refractivity contribution in [3.05, 3.63) is 35.4 Å². The van der Waals surface area contributed by atoms with Crippen molar-refractivity contribution in [3.8, 4) is 0 Å². The number of nitrogens with two attached hydrogens (primary N) is 1. The molecule has 5 heteroatoms. The van der Waals surface area contributed by atoms with Gasteiger partial charge in [0, 0.05) is 5.56 Å². The quantitative estimate of drug-likeness (QED) is 0.745. The van der Waals surface area contributed by atoms with Gasteiger partial charge in [0.25, 0.3) is 0 Å². The normalized spacial score (nSPS) is 11.4. The van der Waals surface area contributed by atoms with E-state index >= 15 is 0 Å². The van der Waals surface area contributed by atoms with E-state index in [9.17, 15) is 18.0 Å². The fraction of sp³-hybridized carbons (Fsp3) is 0.222. The summed E-state index contributed by atoms with van der Waals surface area (Å²) in [5.41, 5.74) is 4.48. The van der Waals surface area contributed by atoms with E-state index < -0.39 is 11.7 Å². The molecule has 0 heterocycles. The van der Waals surface area contributed by atoms with E-state index in [0.29, 0.717) is 0 Å². The molecule has 2 N–H and O–H groups in total. The third kappa shape index (κ3) is 2.32. The van der Waals surface area contributed by atoms with Crippen LogP contribution in [0.4, 0.5) is 13.2 Å². The topological polar surface area (TPSA) is 43.1 Å². The maximum absolute atomic E-state index is 12.1. The van der Waals surface area contributed by atoms with Crippen LogP contribution in [0.2, 0.25) is 0 Å². The van der Waals surface area contributed by atoms with Crippen molar-refractivity contribution in [2.24, 2.45) is 5.73 Å². The van der Waals surface area contributed by atoms with Gasteiger partial charge in [-0.2, -0.15) is 13.2 Å². The molecule has 1 aromatic carbocycles. The summed E-state index contributed by atoms with van der Waals surface area (Å²) >= 11 is 0. The highest BCUT2D eigenvalue weighted by Gasteiger charge is 2.30. The molecule has 1 aromatic rings. The minimum absolute atomic E-state index is 0.195. The summed E-state index contributed by atoms with van der Waals surface area (Å²) in [5.74, 6) is -0.376. The lowest BCUT2D eigenvalue weighted by Crippen LogP contribution is -2.14. The minimum Gasteiger partial charge on any atom is -0.324 e. The third-order valence-electron chi connectivity index (χ3n) is 1.72. The maximum Gasteiger partial charge on any atom is 0.416 e. The fourth-order valence-corrected chi connectivity index (χ4v) is 0.963. The van der Waals surface area contributed by atoms with Crippen molar-refractivity contribution in [3.63, 3.8) is 0 Å². The predicted octanol–water partition coefficient (Wildman–Crippen LogP) is 1.85. The molecule has 0 saturated heterocycles. The second kappa shape index (κ2) is 3.79. The first-order valence-electron chi connectivity index (χ1n) is 3.85. The Morgan fingerprint density at radius 2 is 1.71 bits per heavy atom. The molecule has 0 spiro atoms. The van der Waals surface area contributed by atoms with E-state index in [-0.39, 0.29) is 17.9 Å². The Hall–Kier alpha value is -1.36. The van der Waals surface area contributed by atoms with Crippen LogP contribution in [0.25, 0.3) is 0 Å². The first kappa shape index (κ1) is 10.7. The van der Waals surface area contributed by atoms with Gasteiger partial charge in [0.1, 0.15) is 0 Å². The number of carbonyl (C=O) groups excluding carboxylic acids is 1. The van der Waals surface area contributed by atoms with Crippen molar-refractivity contribution in [2.45, 2.75) is 6.18 Å². The van der Waals surface area contributed by atoms with Gasteiger partial charge in [-0.1, -0.05) is 12.1 Å². The molecule has 0 radical (unpaired) electrons. The number of hydrogen-bond donors (Lipinski definition) is 1. The van der Waals surface area contributed by atoms with E-state index in [2.05, 4.69) is 0 Å². The molecule has 0 fully saturated rings. The summed E-state index contributed by atoms with van der Waals surface area (Å²) in [5, 5.41) is 0. The Labute approximate surface area is 78.5 Å². The van der Waals surface area contributed by atoms with Crippen molar-refractivity contribution >= 4 is 5.78 Å². The summed E-state index contributed by atoms with van der Waals surface area (Å²) in [4.78, 5) is 11.0. The Kier molecular flexibility index (Phi) is 2.90. The van der Waals surface area contributed by atoms with Gasteiger partial charge in [-0.05, 0) is 12.1 Å². The predicted molar refractivity (Wildman–Crippen MR) is 44.8 cm³/mol. The number of alkyl halides is 3. The molecular formula is C9H8F3NO. The number of hydrogen-bond acceptors (Lipinski definition) is 2. The van der Waals surface area contributed by atoms with Crippen LogP contribution in [0.5, 0.6) is 0 Å². The summed E-state index contributed by atoms with van der Waals surface area (Å²) in [6.07, 6.45) is -4.37. The molecule has 0 aliphatic heterocycles. The van der Waals surface area contributed by atoms with Gasteiger partial charge in [-0.25, -0.2) is 0 Å². The molecule has 76 valence electrons. The monoisotopic (exact) mass is 203 g/mol. The highest BCUT2D eigenvalue weighted by atomic mass is 19.4. The highest BCUT2D eigenvalue weighted by Crippen LogP contribution is 2.28. The Morgan fingerprint density at radius 3 is 2.07 bits per heavy atom. The lowest BCUT2D eigenvalue weighted by Gasteiger charge is -2.06. The summed E-state index contributed by atoms with van der Waals surface area (Å²) in [6.45, 7) is -0.203. The largest absolute Gasteiger partial charge is 0.416 e. The second-order valence-corrected chi connectivity index (χ2v) is 2.70. The average molecular weight is 203 g/mol. The van der Waals surface area contributed by atoms with E-state index in [1.807, 2.05) is 0 Å². The van der Waals surface area contributed by atoms with Crippen molar-refractivity contribution in [2.75, 3.05) is 6.54 Å². The molecule has 0 aromatic heterocycles. The highest BCUT2D eigenvalue weighted by molar-refractivity contribution is 5.97. The number of carbonyl (C=O) groups is 1. The van der Waals surface area contributed by atoms with Crippen LogP contribution in [-0.2, 0) is 6.18 Å². The first-order valence-corrected chi connectivity index (χ1v) is 3.85. The summed E-state index contributed by atoms with van der Waals surface area (Å²) < 4.78 is 36.3. The number of benzene rings is 1. The van der Waals surface area contributed by atoms with Gasteiger partial charge in [0.05, 0.1) is 12.1 Å². The smallest absolute Gasteiger partial charge is 0.324 e. The number of halogens is 3. The van der Waals surface area contributed by atoms with Crippen LogP contribution in [0, 0.1) is 0 Å². The second-order valence-electron chi connectivity index (χ2n) is 2.70. The first-order chi connectivity index (χ1) is 6.45. The molecule has 2 nitrogen and oxygen atoms in total. The van der Waals surface area contributed by atoms with Crippen LogP contribution < -0.4 is 5.73 Å². The fourth-order valence-electron chi connectivity index (χ4n) is 0.963. The Balaban J connectivity index is 2.95. The molecule has 0 saturated carbocycles. The standard InChI is InChI=1S/C9H8F3NO/c10-9(11,12)7-3-1-6(2-4-7)8(14)5-13/h1-4H,5,13H2. The van der Waals surface area contributed by atoms with Gasteiger partial charge in [-0.3, -0.25) is 4.79 Å². The SMILES string of the molecule is NCC(=O)c1ccc(C(F)(F)F)cc1. The summed E-state index contributed by atoms with van der Waals surface area (Å²) in [7, 11) is 0.